The second-order valence-electron chi connectivity index (χ2n) is 3.08. The number of rotatable bonds is 5. The van der Waals surface area contributed by atoms with Crippen molar-refractivity contribution in [2.75, 3.05) is 13.1 Å². The quantitative estimate of drug-likeness (QED) is 0.646. The van der Waals surface area contributed by atoms with Gasteiger partial charge in [-0.25, -0.2) is 0 Å². The number of aliphatic hydroxyl groups is 1. The maximum Gasteiger partial charge on any atom is 0.350 e. The third-order valence-corrected chi connectivity index (χ3v) is 2.01. The highest BCUT2D eigenvalue weighted by atomic mass is 16.5. The molecule has 1 rings (SSSR count). The van der Waals surface area contributed by atoms with Crippen molar-refractivity contribution in [3.05, 3.63) is 29.8 Å². The molecule has 0 aliphatic rings. The van der Waals surface area contributed by atoms with Gasteiger partial charge in [0.15, 0.2) is 0 Å². The van der Waals surface area contributed by atoms with Crippen molar-refractivity contribution in [1.29, 1.82) is 0 Å². The largest absolute Gasteiger partial charge is 0.445 e. The van der Waals surface area contributed by atoms with Crippen LogP contribution in [0.15, 0.2) is 24.3 Å². The first kappa shape index (κ1) is 11.2. The van der Waals surface area contributed by atoms with Crippen LogP contribution in [0.4, 0.5) is 0 Å². The van der Waals surface area contributed by atoms with Crippen LogP contribution in [-0.2, 0) is 11.3 Å². The van der Waals surface area contributed by atoms with Gasteiger partial charge in [-0.1, -0.05) is 24.3 Å². The number of aliphatic hydroxyl groups excluding tert-OH is 1. The Morgan fingerprint density at radius 2 is 1.93 bits per heavy atom. The van der Waals surface area contributed by atoms with Crippen LogP contribution in [0.2, 0.25) is 0 Å². The fourth-order valence-electron chi connectivity index (χ4n) is 1.16. The Balaban J connectivity index is 2.59. The van der Waals surface area contributed by atoms with Gasteiger partial charge in [0, 0.05) is 6.61 Å². The predicted octanol–water partition coefficient (Wildman–Crippen LogP) is -0.0546. The molecule has 1 aromatic carbocycles. The lowest BCUT2D eigenvalue weighted by Crippen LogP contribution is -2.34. The second kappa shape index (κ2) is 5.80. The average Bonchev–Trinajstić information content (AvgIpc) is 2.26. The molecule has 2 N–H and O–H groups in total. The van der Waals surface area contributed by atoms with Crippen LogP contribution >= 0.6 is 0 Å². The summed E-state index contributed by atoms with van der Waals surface area (Å²) >= 11 is 0. The van der Waals surface area contributed by atoms with Crippen molar-refractivity contribution in [3.63, 3.8) is 0 Å². The van der Waals surface area contributed by atoms with E-state index in [9.17, 15) is 5.02 Å². The Kier molecular flexibility index (Phi) is 4.66. The molecule has 0 aliphatic carbocycles. The minimum atomic E-state index is -0.781. The van der Waals surface area contributed by atoms with Crippen LogP contribution in [0.25, 0.3) is 0 Å². The van der Waals surface area contributed by atoms with Gasteiger partial charge in [0.05, 0.1) is 13.1 Å². The summed E-state index contributed by atoms with van der Waals surface area (Å²) in [5, 5.41) is 18.0. The Morgan fingerprint density at radius 1 is 1.29 bits per heavy atom. The Hall–Kier alpha value is -0.835. The Morgan fingerprint density at radius 3 is 2.43 bits per heavy atom. The molecule has 0 atom stereocenters. The summed E-state index contributed by atoms with van der Waals surface area (Å²) in [6.07, 6.45) is 0. The minimum absolute atomic E-state index is 0.245. The summed E-state index contributed by atoms with van der Waals surface area (Å²) in [5.74, 6) is 0. The van der Waals surface area contributed by atoms with Gasteiger partial charge < -0.3 is 14.9 Å². The molecule has 0 radical (unpaired) electrons. The molecule has 14 heavy (non-hydrogen) atoms. The first-order chi connectivity index (χ1) is 6.77. The molecule has 0 saturated heterocycles. The van der Waals surface area contributed by atoms with Crippen LogP contribution in [0.1, 0.15) is 12.5 Å². The lowest BCUT2D eigenvalue weighted by molar-refractivity contribution is 0.134. The summed E-state index contributed by atoms with van der Waals surface area (Å²) in [7, 11) is 0. The first-order valence-corrected chi connectivity index (χ1v) is 4.73. The van der Waals surface area contributed by atoms with E-state index in [1.54, 1.807) is 12.1 Å². The van der Waals surface area contributed by atoms with Gasteiger partial charge in [-0.2, -0.15) is 0 Å². The van der Waals surface area contributed by atoms with Crippen molar-refractivity contribution in [3.8, 4) is 0 Å². The molecule has 0 bridgehead atoms. The smallest absolute Gasteiger partial charge is 0.350 e. The normalized spacial score (nSPS) is 10.2. The van der Waals surface area contributed by atoms with Gasteiger partial charge in [0.2, 0.25) is 0 Å². The van der Waals surface area contributed by atoms with Crippen molar-refractivity contribution >= 4 is 12.4 Å². The van der Waals surface area contributed by atoms with Crippen molar-refractivity contribution in [1.82, 2.24) is 0 Å². The standard InChI is InChI=1S/C10H15BO3/c1-2-14-7-9-3-5-10(6-4-9)11(13)8-12/h3-6,12-13H,2,7-8H2,1H3. The zero-order valence-corrected chi connectivity index (χ0v) is 8.31. The molecular formula is C10H15BO3. The molecule has 0 spiro atoms. The first-order valence-electron chi connectivity index (χ1n) is 4.73. The van der Waals surface area contributed by atoms with Gasteiger partial charge in [-0.3, -0.25) is 0 Å². The highest BCUT2D eigenvalue weighted by Crippen LogP contribution is 1.99. The van der Waals surface area contributed by atoms with Crippen LogP contribution in [-0.4, -0.2) is 30.2 Å². The lowest BCUT2D eigenvalue weighted by atomic mass is 9.63. The molecule has 0 heterocycles. The van der Waals surface area contributed by atoms with Gasteiger partial charge in [-0.15, -0.1) is 0 Å². The van der Waals surface area contributed by atoms with Gasteiger partial charge in [0.1, 0.15) is 0 Å². The Labute approximate surface area is 84.5 Å². The van der Waals surface area contributed by atoms with E-state index in [0.717, 1.165) is 11.0 Å². The second-order valence-corrected chi connectivity index (χ2v) is 3.08. The molecule has 1 aromatic rings. The summed E-state index contributed by atoms with van der Waals surface area (Å²) < 4.78 is 5.23. The van der Waals surface area contributed by atoms with Gasteiger partial charge in [-0.05, 0) is 17.9 Å². The monoisotopic (exact) mass is 194 g/mol. The SMILES string of the molecule is CCOCc1ccc(B(O)CO)cc1. The van der Waals surface area contributed by atoms with Gasteiger partial charge in [0.25, 0.3) is 0 Å². The number of ether oxygens (including phenoxy) is 1. The van der Waals surface area contributed by atoms with Crippen molar-refractivity contribution < 1.29 is 14.9 Å². The van der Waals surface area contributed by atoms with Gasteiger partial charge >= 0.3 is 6.92 Å². The zero-order valence-electron chi connectivity index (χ0n) is 8.31. The zero-order chi connectivity index (χ0) is 10.4. The molecule has 0 aromatic heterocycles. The molecule has 76 valence electrons. The third kappa shape index (κ3) is 3.14. The van der Waals surface area contributed by atoms with E-state index in [1.165, 1.54) is 0 Å². The van der Waals surface area contributed by atoms with E-state index >= 15 is 0 Å². The Bertz CT molecular complexity index is 261. The molecular weight excluding hydrogens is 179 g/mol. The van der Waals surface area contributed by atoms with E-state index in [4.69, 9.17) is 9.84 Å². The molecule has 4 heteroatoms. The molecule has 3 nitrogen and oxygen atoms in total. The fraction of sp³-hybridized carbons (Fsp3) is 0.400. The van der Waals surface area contributed by atoms with Crippen LogP contribution in [0, 0.1) is 0 Å². The maximum atomic E-state index is 9.31. The molecule has 0 fully saturated rings. The molecule has 0 saturated carbocycles. The van der Waals surface area contributed by atoms with E-state index < -0.39 is 6.92 Å². The summed E-state index contributed by atoms with van der Waals surface area (Å²) in [6.45, 7) is 2.21. The highest BCUT2D eigenvalue weighted by Gasteiger charge is 2.11. The number of hydrogen-bond acceptors (Lipinski definition) is 3. The highest BCUT2D eigenvalue weighted by molar-refractivity contribution is 6.65. The summed E-state index contributed by atoms with van der Waals surface area (Å²) in [6, 6.07) is 7.39. The topological polar surface area (TPSA) is 49.7 Å². The van der Waals surface area contributed by atoms with E-state index in [2.05, 4.69) is 0 Å². The number of benzene rings is 1. The summed E-state index contributed by atoms with van der Waals surface area (Å²) in [5.41, 5.74) is 1.80. The van der Waals surface area contributed by atoms with Crippen molar-refractivity contribution in [2.24, 2.45) is 0 Å². The van der Waals surface area contributed by atoms with E-state index in [1.807, 2.05) is 19.1 Å². The van der Waals surface area contributed by atoms with Crippen molar-refractivity contribution in [2.45, 2.75) is 13.5 Å². The predicted molar refractivity (Wildman–Crippen MR) is 56.5 cm³/mol. The fourth-order valence-corrected chi connectivity index (χ4v) is 1.16. The van der Waals surface area contributed by atoms with E-state index in [-0.39, 0.29) is 6.51 Å². The molecule has 0 aliphatic heterocycles. The minimum Gasteiger partial charge on any atom is -0.445 e. The summed E-state index contributed by atoms with van der Waals surface area (Å²) in [4.78, 5) is 0. The lowest BCUT2D eigenvalue weighted by Gasteiger charge is -2.05. The van der Waals surface area contributed by atoms with Crippen LogP contribution in [0.5, 0.6) is 0 Å². The molecule has 0 unspecified atom stereocenters. The van der Waals surface area contributed by atoms with Crippen LogP contribution < -0.4 is 5.46 Å². The average molecular weight is 194 g/mol. The van der Waals surface area contributed by atoms with E-state index in [0.29, 0.717) is 13.2 Å². The third-order valence-electron chi connectivity index (χ3n) is 2.01. The number of hydrogen-bond donors (Lipinski definition) is 2. The maximum absolute atomic E-state index is 9.31. The van der Waals surface area contributed by atoms with Crippen LogP contribution in [0.3, 0.4) is 0 Å². The molecule has 0 amide bonds.